The van der Waals surface area contributed by atoms with E-state index in [1.165, 1.54) is 17.4 Å². The average molecular weight is 261 g/mol. The maximum Gasteiger partial charge on any atom is 0.293 e. The predicted octanol–water partition coefficient (Wildman–Crippen LogP) is 1.95. The number of Topliss-reactive ketones (excluding diaryl/α,β-unsaturated/α-hetero) is 1. The number of thiophene rings is 1. The van der Waals surface area contributed by atoms with Gasteiger partial charge in [-0.2, -0.15) is 0 Å². The Kier molecular flexibility index (Phi) is 3.74. The summed E-state index contributed by atoms with van der Waals surface area (Å²) in [6.45, 7) is 0.213. The first-order chi connectivity index (χ1) is 8.66. The minimum Gasteiger partial charge on any atom is -0.508 e. The molecule has 0 saturated carbocycles. The summed E-state index contributed by atoms with van der Waals surface area (Å²) in [4.78, 5) is 23.6. The lowest BCUT2D eigenvalue weighted by Gasteiger charge is -2.04. The highest BCUT2D eigenvalue weighted by atomic mass is 32.1. The van der Waals surface area contributed by atoms with Crippen LogP contribution in [0.3, 0.4) is 0 Å². The SMILES string of the molecule is O=C(NCc1cccc(O)c1)C(=O)c1cccs1. The first-order valence-corrected chi connectivity index (χ1v) is 6.19. The second kappa shape index (κ2) is 5.46. The molecule has 1 heterocycles. The first kappa shape index (κ1) is 12.3. The molecule has 0 bridgehead atoms. The van der Waals surface area contributed by atoms with E-state index in [4.69, 9.17) is 0 Å². The quantitative estimate of drug-likeness (QED) is 0.653. The standard InChI is InChI=1S/C13H11NO3S/c15-10-4-1-3-9(7-10)8-14-13(17)12(16)11-5-2-6-18-11/h1-7,15H,8H2,(H,14,17). The van der Waals surface area contributed by atoms with Crippen LogP contribution in [0.25, 0.3) is 0 Å². The van der Waals surface area contributed by atoms with Gasteiger partial charge in [-0.15, -0.1) is 11.3 Å². The van der Waals surface area contributed by atoms with E-state index in [1.807, 2.05) is 0 Å². The monoisotopic (exact) mass is 261 g/mol. The number of aromatic hydroxyl groups is 1. The van der Waals surface area contributed by atoms with Gasteiger partial charge in [0.1, 0.15) is 5.75 Å². The van der Waals surface area contributed by atoms with Crippen LogP contribution in [-0.2, 0) is 11.3 Å². The molecule has 1 amide bonds. The molecule has 92 valence electrons. The van der Waals surface area contributed by atoms with Crippen molar-refractivity contribution in [3.05, 3.63) is 52.2 Å². The Hall–Kier alpha value is -2.14. The van der Waals surface area contributed by atoms with Gasteiger partial charge in [-0.05, 0) is 29.1 Å². The summed E-state index contributed by atoms with van der Waals surface area (Å²) in [5.41, 5.74) is 0.738. The highest BCUT2D eigenvalue weighted by Gasteiger charge is 2.16. The van der Waals surface area contributed by atoms with Crippen LogP contribution < -0.4 is 5.32 Å². The maximum absolute atomic E-state index is 11.6. The summed E-state index contributed by atoms with van der Waals surface area (Å²) >= 11 is 1.23. The highest BCUT2D eigenvalue weighted by molar-refractivity contribution is 7.13. The molecule has 0 unspecified atom stereocenters. The van der Waals surface area contributed by atoms with E-state index in [0.29, 0.717) is 4.88 Å². The van der Waals surface area contributed by atoms with E-state index in [-0.39, 0.29) is 12.3 Å². The van der Waals surface area contributed by atoms with E-state index in [2.05, 4.69) is 5.32 Å². The molecule has 5 heteroatoms. The Balaban J connectivity index is 1.95. The molecule has 18 heavy (non-hydrogen) atoms. The number of carbonyl (C=O) groups excluding carboxylic acids is 2. The van der Waals surface area contributed by atoms with E-state index in [9.17, 15) is 14.7 Å². The molecule has 2 N–H and O–H groups in total. The molecule has 4 nitrogen and oxygen atoms in total. The number of rotatable bonds is 4. The Morgan fingerprint density at radius 3 is 2.72 bits per heavy atom. The van der Waals surface area contributed by atoms with Crippen LogP contribution in [0.2, 0.25) is 0 Å². The molecule has 0 saturated heterocycles. The molecule has 0 aliphatic carbocycles. The van der Waals surface area contributed by atoms with E-state index >= 15 is 0 Å². The summed E-state index contributed by atoms with van der Waals surface area (Å²) in [5.74, 6) is -1.04. The van der Waals surface area contributed by atoms with Crippen molar-refractivity contribution in [2.45, 2.75) is 6.54 Å². The molecule has 1 aromatic heterocycles. The first-order valence-electron chi connectivity index (χ1n) is 5.31. The molecule has 2 aromatic rings. The second-order valence-electron chi connectivity index (χ2n) is 3.66. The van der Waals surface area contributed by atoms with Crippen LogP contribution in [0.1, 0.15) is 15.2 Å². The minimum absolute atomic E-state index is 0.131. The normalized spacial score (nSPS) is 10.0. The Labute approximate surface area is 108 Å². The van der Waals surface area contributed by atoms with Crippen LogP contribution in [0.5, 0.6) is 5.75 Å². The van der Waals surface area contributed by atoms with Crippen LogP contribution in [0, 0.1) is 0 Å². The summed E-state index contributed by atoms with van der Waals surface area (Å²) in [6, 6.07) is 9.85. The number of carbonyl (C=O) groups is 2. The number of nitrogens with one attached hydrogen (secondary N) is 1. The maximum atomic E-state index is 11.6. The van der Waals surface area contributed by atoms with Gasteiger partial charge in [-0.1, -0.05) is 18.2 Å². The zero-order valence-electron chi connectivity index (χ0n) is 9.42. The molecule has 2 rings (SSSR count). The van der Waals surface area contributed by atoms with Crippen molar-refractivity contribution < 1.29 is 14.7 Å². The number of benzene rings is 1. The summed E-state index contributed by atoms with van der Waals surface area (Å²) in [5, 5.41) is 13.5. The topological polar surface area (TPSA) is 66.4 Å². The smallest absolute Gasteiger partial charge is 0.293 e. The molecule has 0 atom stereocenters. The summed E-state index contributed by atoms with van der Waals surface area (Å²) < 4.78 is 0. The van der Waals surface area contributed by atoms with Gasteiger partial charge in [0.05, 0.1) is 4.88 Å². The van der Waals surface area contributed by atoms with Gasteiger partial charge in [-0.3, -0.25) is 9.59 Å². The molecule has 0 aliphatic rings. The molecule has 0 spiro atoms. The van der Waals surface area contributed by atoms with Crippen LogP contribution in [0.15, 0.2) is 41.8 Å². The third-order valence-corrected chi connectivity index (χ3v) is 3.18. The Morgan fingerprint density at radius 1 is 1.22 bits per heavy atom. The van der Waals surface area contributed by atoms with Gasteiger partial charge in [0.15, 0.2) is 0 Å². The minimum atomic E-state index is -0.638. The number of ketones is 1. The zero-order chi connectivity index (χ0) is 13.0. The lowest BCUT2D eigenvalue weighted by Crippen LogP contribution is -2.30. The number of phenolic OH excluding ortho intramolecular Hbond substituents is 1. The van der Waals surface area contributed by atoms with Crippen molar-refractivity contribution in [1.29, 1.82) is 0 Å². The van der Waals surface area contributed by atoms with Crippen LogP contribution in [-0.4, -0.2) is 16.8 Å². The fourth-order valence-electron chi connectivity index (χ4n) is 1.45. The van der Waals surface area contributed by atoms with Crippen molar-refractivity contribution in [3.63, 3.8) is 0 Å². The highest BCUT2D eigenvalue weighted by Crippen LogP contribution is 2.11. The number of hydrogen-bond acceptors (Lipinski definition) is 4. The Bertz CT molecular complexity index is 563. The summed E-state index contributed by atoms with van der Waals surface area (Å²) in [7, 11) is 0. The fraction of sp³-hybridized carbons (Fsp3) is 0.0769. The molecule has 0 radical (unpaired) electrons. The van der Waals surface area contributed by atoms with Crippen molar-refractivity contribution >= 4 is 23.0 Å². The molecule has 1 aromatic carbocycles. The average Bonchev–Trinajstić information content (AvgIpc) is 2.89. The third kappa shape index (κ3) is 2.95. The van der Waals surface area contributed by atoms with Gasteiger partial charge in [0, 0.05) is 6.54 Å². The van der Waals surface area contributed by atoms with E-state index in [0.717, 1.165) is 5.56 Å². The predicted molar refractivity (Wildman–Crippen MR) is 68.6 cm³/mol. The fourth-order valence-corrected chi connectivity index (χ4v) is 2.11. The van der Waals surface area contributed by atoms with Crippen LogP contribution in [0.4, 0.5) is 0 Å². The van der Waals surface area contributed by atoms with E-state index < -0.39 is 11.7 Å². The number of phenols is 1. The van der Waals surface area contributed by atoms with Gasteiger partial charge in [0.25, 0.3) is 11.7 Å². The van der Waals surface area contributed by atoms with Crippen molar-refractivity contribution in [2.24, 2.45) is 0 Å². The lowest BCUT2D eigenvalue weighted by molar-refractivity contribution is -0.117. The lowest BCUT2D eigenvalue weighted by atomic mass is 10.2. The van der Waals surface area contributed by atoms with Crippen molar-refractivity contribution in [1.82, 2.24) is 5.32 Å². The number of amides is 1. The van der Waals surface area contributed by atoms with Gasteiger partial charge in [-0.25, -0.2) is 0 Å². The van der Waals surface area contributed by atoms with Crippen molar-refractivity contribution in [3.8, 4) is 5.75 Å². The molecular weight excluding hydrogens is 250 g/mol. The Morgan fingerprint density at radius 2 is 2.06 bits per heavy atom. The second-order valence-corrected chi connectivity index (χ2v) is 4.61. The summed E-state index contributed by atoms with van der Waals surface area (Å²) in [6.07, 6.45) is 0. The third-order valence-electron chi connectivity index (χ3n) is 2.31. The largest absolute Gasteiger partial charge is 0.508 e. The van der Waals surface area contributed by atoms with Gasteiger partial charge >= 0.3 is 0 Å². The van der Waals surface area contributed by atoms with Crippen molar-refractivity contribution in [2.75, 3.05) is 0 Å². The zero-order valence-corrected chi connectivity index (χ0v) is 10.2. The molecule has 0 aliphatic heterocycles. The molecular formula is C13H11NO3S. The number of hydrogen-bond donors (Lipinski definition) is 2. The van der Waals surface area contributed by atoms with Gasteiger partial charge in [0.2, 0.25) is 0 Å². The molecule has 0 fully saturated rings. The van der Waals surface area contributed by atoms with Crippen LogP contribution >= 0.6 is 11.3 Å². The van der Waals surface area contributed by atoms with E-state index in [1.54, 1.807) is 35.7 Å². The van der Waals surface area contributed by atoms with Gasteiger partial charge < -0.3 is 10.4 Å².